The van der Waals surface area contributed by atoms with E-state index in [1.807, 2.05) is 12.1 Å². The quantitative estimate of drug-likeness (QED) is 0.734. The average molecular weight is 171 g/mol. The van der Waals surface area contributed by atoms with Gasteiger partial charge >= 0.3 is 0 Å². The van der Waals surface area contributed by atoms with E-state index in [1.165, 1.54) is 0 Å². The zero-order chi connectivity index (χ0) is 8.10. The number of rotatable bonds is 3. The van der Waals surface area contributed by atoms with Crippen molar-refractivity contribution < 1.29 is 5.11 Å². The molecule has 0 fully saturated rings. The molecule has 0 bridgehead atoms. The lowest BCUT2D eigenvalue weighted by atomic mass is 10.3. The van der Waals surface area contributed by atoms with Crippen molar-refractivity contribution in [2.24, 2.45) is 0 Å². The second-order valence-corrected chi connectivity index (χ2v) is 2.52. The van der Waals surface area contributed by atoms with Crippen molar-refractivity contribution in [1.29, 1.82) is 0 Å². The second kappa shape index (κ2) is 4.21. The maximum absolute atomic E-state index is 8.47. The first kappa shape index (κ1) is 8.37. The van der Waals surface area contributed by atoms with E-state index in [-0.39, 0.29) is 6.61 Å². The Balaban J connectivity index is 2.56. The van der Waals surface area contributed by atoms with Gasteiger partial charge in [0.2, 0.25) is 0 Å². The van der Waals surface area contributed by atoms with Crippen LogP contribution >= 0.6 is 11.6 Å². The van der Waals surface area contributed by atoms with Gasteiger partial charge in [0.1, 0.15) is 0 Å². The molecule has 1 aromatic rings. The first-order valence-corrected chi connectivity index (χ1v) is 3.74. The molecule has 0 atom stereocenters. The summed E-state index contributed by atoms with van der Waals surface area (Å²) in [5.74, 6) is 0. The monoisotopic (exact) mass is 170 g/mol. The first-order chi connectivity index (χ1) is 5.33. The van der Waals surface area contributed by atoms with Crippen molar-refractivity contribution in [1.82, 2.24) is 5.32 Å². The third-order valence-corrected chi connectivity index (χ3v) is 1.44. The number of hydrogen-bond acceptors (Lipinski definition) is 1. The Morgan fingerprint density at radius 2 is 2.27 bits per heavy atom. The molecular formula is C8H9ClNO. The van der Waals surface area contributed by atoms with Crippen LogP contribution in [-0.4, -0.2) is 18.3 Å². The van der Waals surface area contributed by atoms with Gasteiger partial charge in [-0.15, -0.1) is 0 Å². The minimum absolute atomic E-state index is 0.0759. The number of aliphatic hydroxyl groups is 1. The van der Waals surface area contributed by atoms with Crippen LogP contribution in [0.3, 0.4) is 0 Å². The van der Waals surface area contributed by atoms with Crippen LogP contribution in [0.4, 0.5) is 5.69 Å². The average Bonchev–Trinajstić information content (AvgIpc) is 2.01. The van der Waals surface area contributed by atoms with Crippen molar-refractivity contribution in [3.05, 3.63) is 29.3 Å². The summed E-state index contributed by atoms with van der Waals surface area (Å²) in [6, 6.07) is 7.23. The van der Waals surface area contributed by atoms with Gasteiger partial charge in [-0.1, -0.05) is 17.7 Å². The van der Waals surface area contributed by atoms with Gasteiger partial charge in [0, 0.05) is 5.02 Å². The molecule has 0 aliphatic heterocycles. The maximum Gasteiger partial charge on any atom is 0.0628 e. The predicted molar refractivity (Wildman–Crippen MR) is 45.2 cm³/mol. The smallest absolute Gasteiger partial charge is 0.0628 e. The Hall–Kier alpha value is -0.730. The lowest BCUT2D eigenvalue weighted by Gasteiger charge is -1.99. The molecule has 1 N–H and O–H groups in total. The Bertz CT molecular complexity index is 227. The number of aliphatic hydroxyl groups excluding tert-OH is 1. The summed E-state index contributed by atoms with van der Waals surface area (Å²) in [7, 11) is 0. The van der Waals surface area contributed by atoms with Gasteiger partial charge < -0.3 is 5.11 Å². The van der Waals surface area contributed by atoms with Crippen molar-refractivity contribution in [3.8, 4) is 0 Å². The number of benzene rings is 1. The van der Waals surface area contributed by atoms with Crippen LogP contribution in [0.25, 0.3) is 0 Å². The zero-order valence-electron chi connectivity index (χ0n) is 6.00. The van der Waals surface area contributed by atoms with Crippen LogP contribution in [0.5, 0.6) is 0 Å². The molecule has 59 valence electrons. The number of nitrogens with zero attached hydrogens (tertiary/aromatic N) is 1. The van der Waals surface area contributed by atoms with Crippen LogP contribution in [-0.2, 0) is 0 Å². The van der Waals surface area contributed by atoms with Crippen molar-refractivity contribution in [2.75, 3.05) is 13.2 Å². The first-order valence-electron chi connectivity index (χ1n) is 3.37. The van der Waals surface area contributed by atoms with Gasteiger partial charge in [0.25, 0.3) is 0 Å². The molecule has 1 radical (unpaired) electrons. The van der Waals surface area contributed by atoms with Gasteiger partial charge in [-0.3, -0.25) is 5.32 Å². The van der Waals surface area contributed by atoms with E-state index < -0.39 is 0 Å². The summed E-state index contributed by atoms with van der Waals surface area (Å²) in [5.41, 5.74) is 0.812. The predicted octanol–water partition coefficient (Wildman–Crippen LogP) is 1.57. The summed E-state index contributed by atoms with van der Waals surface area (Å²) in [6.45, 7) is 0.507. The number of halogens is 1. The highest BCUT2D eigenvalue weighted by Gasteiger charge is 1.92. The van der Waals surface area contributed by atoms with Crippen molar-refractivity contribution >= 4 is 17.3 Å². The van der Waals surface area contributed by atoms with Gasteiger partial charge in [0.15, 0.2) is 0 Å². The highest BCUT2D eigenvalue weighted by molar-refractivity contribution is 6.30. The molecule has 1 rings (SSSR count). The number of hydrogen-bond donors (Lipinski definition) is 1. The van der Waals surface area contributed by atoms with Crippen molar-refractivity contribution in [2.45, 2.75) is 0 Å². The fourth-order valence-electron chi connectivity index (χ4n) is 0.754. The van der Waals surface area contributed by atoms with E-state index >= 15 is 0 Å². The van der Waals surface area contributed by atoms with Crippen LogP contribution in [0.15, 0.2) is 24.3 Å². The van der Waals surface area contributed by atoms with Gasteiger partial charge in [-0.25, -0.2) is 0 Å². The second-order valence-electron chi connectivity index (χ2n) is 2.09. The Kier molecular flexibility index (Phi) is 3.20. The largest absolute Gasteiger partial charge is 0.394 e. The minimum atomic E-state index is 0.0759. The molecule has 3 heteroatoms. The molecule has 0 aromatic heterocycles. The summed E-state index contributed by atoms with van der Waals surface area (Å²) >= 11 is 5.70. The van der Waals surface area contributed by atoms with E-state index in [0.717, 1.165) is 5.69 Å². The topological polar surface area (TPSA) is 34.3 Å². The SMILES string of the molecule is OCC[N]c1cccc(Cl)c1. The summed E-state index contributed by atoms with van der Waals surface area (Å²) in [4.78, 5) is 0. The highest BCUT2D eigenvalue weighted by Crippen LogP contribution is 2.14. The lowest BCUT2D eigenvalue weighted by Crippen LogP contribution is -2.03. The molecule has 0 unspecified atom stereocenters. The van der Waals surface area contributed by atoms with Gasteiger partial charge in [-0.2, -0.15) is 0 Å². The Morgan fingerprint density at radius 1 is 1.45 bits per heavy atom. The standard InChI is InChI=1S/C8H9ClNO/c9-7-2-1-3-8(6-7)10-4-5-11/h1-3,6,11H,4-5H2. The Labute approximate surface area is 70.8 Å². The molecule has 0 saturated heterocycles. The van der Waals surface area contributed by atoms with E-state index in [4.69, 9.17) is 16.7 Å². The van der Waals surface area contributed by atoms with Gasteiger partial charge in [-0.05, 0) is 18.2 Å². The fraction of sp³-hybridized carbons (Fsp3) is 0.250. The minimum Gasteiger partial charge on any atom is -0.394 e. The molecule has 0 aliphatic carbocycles. The molecule has 11 heavy (non-hydrogen) atoms. The summed E-state index contributed by atoms with van der Waals surface area (Å²) in [6.07, 6.45) is 0. The normalized spacial score (nSPS) is 9.64. The lowest BCUT2D eigenvalue weighted by molar-refractivity contribution is 0.298. The molecule has 0 heterocycles. The van der Waals surface area contributed by atoms with E-state index in [9.17, 15) is 0 Å². The molecule has 1 aromatic carbocycles. The van der Waals surface area contributed by atoms with Gasteiger partial charge in [0.05, 0.1) is 18.8 Å². The Morgan fingerprint density at radius 3 is 2.91 bits per heavy atom. The molecular weight excluding hydrogens is 162 g/mol. The molecule has 0 spiro atoms. The van der Waals surface area contributed by atoms with Crippen LogP contribution in [0, 0.1) is 0 Å². The van der Waals surface area contributed by atoms with E-state index in [1.54, 1.807) is 12.1 Å². The maximum atomic E-state index is 8.47. The van der Waals surface area contributed by atoms with Crippen LogP contribution in [0.1, 0.15) is 0 Å². The van der Waals surface area contributed by atoms with E-state index in [2.05, 4.69) is 5.32 Å². The summed E-state index contributed by atoms with van der Waals surface area (Å²) in [5, 5.41) is 13.2. The molecule has 0 saturated carbocycles. The van der Waals surface area contributed by atoms with Crippen LogP contribution in [0.2, 0.25) is 5.02 Å². The summed E-state index contributed by atoms with van der Waals surface area (Å²) < 4.78 is 0. The van der Waals surface area contributed by atoms with Crippen molar-refractivity contribution in [3.63, 3.8) is 0 Å². The third kappa shape index (κ3) is 2.78. The zero-order valence-corrected chi connectivity index (χ0v) is 6.75. The third-order valence-electron chi connectivity index (χ3n) is 1.20. The highest BCUT2D eigenvalue weighted by atomic mass is 35.5. The fourth-order valence-corrected chi connectivity index (χ4v) is 0.938. The molecule has 0 amide bonds. The van der Waals surface area contributed by atoms with Crippen LogP contribution < -0.4 is 5.32 Å². The molecule has 2 nitrogen and oxygen atoms in total. The van der Waals surface area contributed by atoms with E-state index in [0.29, 0.717) is 11.6 Å². The molecule has 0 aliphatic rings.